The first kappa shape index (κ1) is 24.6. The van der Waals surface area contributed by atoms with Crippen molar-refractivity contribution in [3.63, 3.8) is 0 Å². The number of fused-ring (bicyclic) bond motifs is 1. The summed E-state index contributed by atoms with van der Waals surface area (Å²) < 4.78 is 10.5. The number of esters is 1. The van der Waals surface area contributed by atoms with Gasteiger partial charge in [-0.05, 0) is 69.4 Å². The van der Waals surface area contributed by atoms with Gasteiger partial charge in [-0.2, -0.15) is 0 Å². The predicted octanol–water partition coefficient (Wildman–Crippen LogP) is 5.43. The molecule has 2 N–H and O–H groups in total. The first-order valence-electron chi connectivity index (χ1n) is 11.5. The quantitative estimate of drug-likeness (QED) is 0.588. The molecule has 0 aliphatic heterocycles. The zero-order valence-electron chi connectivity index (χ0n) is 20.1. The van der Waals surface area contributed by atoms with Crippen molar-refractivity contribution in [1.29, 1.82) is 0 Å². The van der Waals surface area contributed by atoms with Gasteiger partial charge in [0.1, 0.15) is 11.1 Å². The third kappa shape index (κ3) is 5.83. The van der Waals surface area contributed by atoms with Crippen LogP contribution in [0.2, 0.25) is 0 Å². The van der Waals surface area contributed by atoms with Crippen LogP contribution in [-0.4, -0.2) is 36.2 Å². The number of nitrogens with one attached hydrogen (secondary N) is 2. The molecular weight excluding hydrogens is 420 g/mol. The van der Waals surface area contributed by atoms with Crippen LogP contribution in [0.25, 0.3) is 10.8 Å². The Morgan fingerprint density at radius 3 is 2.12 bits per heavy atom. The number of benzene rings is 2. The predicted molar refractivity (Wildman–Crippen MR) is 128 cm³/mol. The number of hydrogen-bond donors (Lipinski definition) is 2. The van der Waals surface area contributed by atoms with Crippen LogP contribution in [0.4, 0.5) is 10.5 Å². The van der Waals surface area contributed by atoms with Crippen LogP contribution in [0.5, 0.6) is 0 Å². The maximum Gasteiger partial charge on any atom is 0.412 e. The Kier molecular flexibility index (Phi) is 7.30. The minimum absolute atomic E-state index is 0.0228. The molecule has 1 saturated carbocycles. The molecule has 178 valence electrons. The van der Waals surface area contributed by atoms with Crippen molar-refractivity contribution in [2.75, 3.05) is 12.4 Å². The van der Waals surface area contributed by atoms with Gasteiger partial charge in [0.2, 0.25) is 0 Å². The Hall–Kier alpha value is -3.09. The third-order valence-electron chi connectivity index (χ3n) is 6.17. The molecule has 33 heavy (non-hydrogen) atoms. The zero-order valence-corrected chi connectivity index (χ0v) is 20.1. The van der Waals surface area contributed by atoms with Gasteiger partial charge in [-0.1, -0.05) is 43.5 Å². The average Bonchev–Trinajstić information content (AvgIpc) is 2.77. The smallest absolute Gasteiger partial charge is 0.412 e. The first-order valence-corrected chi connectivity index (χ1v) is 11.5. The highest BCUT2D eigenvalue weighted by Gasteiger charge is 2.44. The number of anilines is 1. The van der Waals surface area contributed by atoms with Crippen LogP contribution in [0.3, 0.4) is 0 Å². The maximum absolute atomic E-state index is 13.5. The van der Waals surface area contributed by atoms with Crippen molar-refractivity contribution in [2.45, 2.75) is 70.9 Å². The van der Waals surface area contributed by atoms with Crippen LogP contribution in [-0.2, 0) is 14.3 Å². The first-order chi connectivity index (χ1) is 15.5. The third-order valence-corrected chi connectivity index (χ3v) is 6.17. The number of hydrogen-bond acceptors (Lipinski definition) is 5. The molecule has 0 unspecified atom stereocenters. The molecule has 1 fully saturated rings. The number of methoxy groups -OCH3 is 1. The van der Waals surface area contributed by atoms with Crippen molar-refractivity contribution in [3.8, 4) is 0 Å². The summed E-state index contributed by atoms with van der Waals surface area (Å²) in [5, 5.41) is 7.37. The molecule has 0 bridgehead atoms. The van der Waals surface area contributed by atoms with Gasteiger partial charge in [-0.15, -0.1) is 0 Å². The van der Waals surface area contributed by atoms with E-state index in [9.17, 15) is 14.4 Å². The fraction of sp³-hybridized carbons (Fsp3) is 0.500. The Bertz CT molecular complexity index is 1040. The van der Waals surface area contributed by atoms with E-state index < -0.39 is 29.1 Å². The largest absolute Gasteiger partial charge is 0.467 e. The van der Waals surface area contributed by atoms with Crippen molar-refractivity contribution >= 4 is 34.4 Å². The van der Waals surface area contributed by atoms with E-state index in [4.69, 9.17) is 9.47 Å². The molecule has 0 aromatic heterocycles. The van der Waals surface area contributed by atoms with Gasteiger partial charge in [-0.25, -0.2) is 9.59 Å². The molecule has 0 spiro atoms. The summed E-state index contributed by atoms with van der Waals surface area (Å²) in [6, 6.07) is 11.0. The molecule has 2 aromatic rings. The zero-order chi connectivity index (χ0) is 24.2. The number of carbonyl (C=O) groups is 3. The van der Waals surface area contributed by atoms with Crippen molar-refractivity contribution in [2.24, 2.45) is 5.92 Å². The number of ether oxygens (including phenoxy) is 2. The van der Waals surface area contributed by atoms with Gasteiger partial charge in [0, 0.05) is 0 Å². The molecule has 2 amide bonds. The standard InChI is InChI=1S/C26H34N2O5/c1-25(2,3)33-24(31)27-21-16-18-12-10-9-11-17(18)15-20(21)22(29)28-26(4,23(30)32-5)19-13-7-6-8-14-19/h9-12,15-16,19H,6-8,13-14H2,1-5H3,(H,27,31)(H,28,29)/t26-/m1/s1. The summed E-state index contributed by atoms with van der Waals surface area (Å²) in [4.78, 5) is 38.8. The number of amides is 2. The Morgan fingerprint density at radius 2 is 1.55 bits per heavy atom. The van der Waals surface area contributed by atoms with E-state index in [0.717, 1.165) is 42.9 Å². The van der Waals surface area contributed by atoms with E-state index in [2.05, 4.69) is 10.6 Å². The second kappa shape index (κ2) is 9.81. The molecule has 1 aliphatic carbocycles. The summed E-state index contributed by atoms with van der Waals surface area (Å²) >= 11 is 0. The lowest BCUT2D eigenvalue weighted by atomic mass is 9.75. The Balaban J connectivity index is 1.98. The van der Waals surface area contributed by atoms with E-state index in [-0.39, 0.29) is 11.5 Å². The molecule has 3 rings (SSSR count). The second-order valence-corrected chi connectivity index (χ2v) is 9.85. The lowest BCUT2D eigenvalue weighted by molar-refractivity contribution is -0.150. The van der Waals surface area contributed by atoms with Crippen LogP contribution in [0, 0.1) is 5.92 Å². The van der Waals surface area contributed by atoms with Crippen LogP contribution >= 0.6 is 0 Å². The van der Waals surface area contributed by atoms with Gasteiger partial charge in [-0.3, -0.25) is 10.1 Å². The van der Waals surface area contributed by atoms with E-state index in [0.29, 0.717) is 5.69 Å². The van der Waals surface area contributed by atoms with E-state index in [1.54, 1.807) is 39.8 Å². The lowest BCUT2D eigenvalue weighted by Crippen LogP contribution is -2.58. The van der Waals surface area contributed by atoms with Gasteiger partial charge in [0.15, 0.2) is 0 Å². The van der Waals surface area contributed by atoms with Gasteiger partial charge in [0.05, 0.1) is 18.4 Å². The van der Waals surface area contributed by atoms with E-state index >= 15 is 0 Å². The Morgan fingerprint density at radius 1 is 0.939 bits per heavy atom. The summed E-state index contributed by atoms with van der Waals surface area (Å²) in [6.45, 7) is 7.04. The summed E-state index contributed by atoms with van der Waals surface area (Å²) in [6.07, 6.45) is 4.16. The molecule has 0 heterocycles. The fourth-order valence-electron chi connectivity index (χ4n) is 4.46. The van der Waals surface area contributed by atoms with Gasteiger partial charge < -0.3 is 14.8 Å². The van der Waals surface area contributed by atoms with E-state index in [1.807, 2.05) is 24.3 Å². The van der Waals surface area contributed by atoms with E-state index in [1.165, 1.54) is 7.11 Å². The SMILES string of the molecule is COC(=O)[C@](C)(NC(=O)c1cc2ccccc2cc1NC(=O)OC(C)(C)C)C1CCCCC1. The monoisotopic (exact) mass is 454 g/mol. The van der Waals surface area contributed by atoms with Crippen LogP contribution in [0.15, 0.2) is 36.4 Å². The molecular formula is C26H34N2O5. The minimum atomic E-state index is -1.17. The van der Waals surface area contributed by atoms with Crippen LogP contribution < -0.4 is 10.6 Å². The number of carbonyl (C=O) groups excluding carboxylic acids is 3. The second-order valence-electron chi connectivity index (χ2n) is 9.85. The molecule has 0 radical (unpaired) electrons. The topological polar surface area (TPSA) is 93.7 Å². The number of rotatable bonds is 5. The molecule has 7 heteroatoms. The normalized spacial score (nSPS) is 16.5. The highest BCUT2D eigenvalue weighted by atomic mass is 16.6. The van der Waals surface area contributed by atoms with Crippen molar-refractivity contribution in [1.82, 2.24) is 5.32 Å². The molecule has 1 aliphatic rings. The van der Waals surface area contributed by atoms with Gasteiger partial charge in [0.25, 0.3) is 5.91 Å². The summed E-state index contributed by atoms with van der Waals surface area (Å²) in [5.74, 6) is -0.944. The van der Waals surface area contributed by atoms with Gasteiger partial charge >= 0.3 is 12.1 Å². The summed E-state index contributed by atoms with van der Waals surface area (Å²) in [7, 11) is 1.33. The summed E-state index contributed by atoms with van der Waals surface area (Å²) in [5.41, 5.74) is -1.28. The van der Waals surface area contributed by atoms with Crippen LogP contribution in [0.1, 0.15) is 70.2 Å². The Labute approximate surface area is 195 Å². The highest BCUT2D eigenvalue weighted by Crippen LogP contribution is 2.34. The van der Waals surface area contributed by atoms with Crippen molar-refractivity contribution < 1.29 is 23.9 Å². The minimum Gasteiger partial charge on any atom is -0.467 e. The molecule has 7 nitrogen and oxygen atoms in total. The molecule has 1 atom stereocenters. The molecule has 2 aromatic carbocycles. The maximum atomic E-state index is 13.5. The lowest BCUT2D eigenvalue weighted by Gasteiger charge is -2.38. The molecule has 0 saturated heterocycles. The fourth-order valence-corrected chi connectivity index (χ4v) is 4.46. The van der Waals surface area contributed by atoms with Crippen molar-refractivity contribution in [3.05, 3.63) is 42.0 Å². The highest BCUT2D eigenvalue weighted by molar-refractivity contribution is 6.08. The average molecular weight is 455 g/mol.